The van der Waals surface area contributed by atoms with Crippen molar-refractivity contribution in [3.8, 4) is 27.8 Å². The van der Waals surface area contributed by atoms with Crippen LogP contribution in [0.3, 0.4) is 0 Å². The van der Waals surface area contributed by atoms with E-state index in [9.17, 15) is 0 Å². The van der Waals surface area contributed by atoms with Gasteiger partial charge in [-0.25, -0.2) is 0 Å². The third-order valence-electron chi connectivity index (χ3n) is 2.76. The van der Waals surface area contributed by atoms with E-state index < -0.39 is 0 Å². The van der Waals surface area contributed by atoms with Crippen LogP contribution in [0.4, 0.5) is 0 Å². The largest absolute Gasteiger partial charge is 0.493 e. The Labute approximate surface area is 121 Å². The predicted molar refractivity (Wildman–Crippen MR) is 77.6 cm³/mol. The molecule has 7 heteroatoms. The summed E-state index contributed by atoms with van der Waals surface area (Å²) in [6.45, 7) is 1.87. The molecule has 0 saturated heterocycles. The summed E-state index contributed by atoms with van der Waals surface area (Å²) < 4.78 is 16.0. The molecule has 108 valence electrons. The fourth-order valence-electron chi connectivity index (χ4n) is 1.80. The van der Waals surface area contributed by atoms with E-state index in [1.54, 1.807) is 21.3 Å². The zero-order valence-corrected chi connectivity index (χ0v) is 12.7. The lowest BCUT2D eigenvalue weighted by Gasteiger charge is -2.14. The number of aromatic nitrogens is 2. The van der Waals surface area contributed by atoms with Crippen molar-refractivity contribution < 1.29 is 14.2 Å². The minimum Gasteiger partial charge on any atom is -0.493 e. The number of nitrogens with two attached hydrogens (primary N) is 1. The lowest BCUT2D eigenvalue weighted by atomic mass is 10.2. The smallest absolute Gasteiger partial charge is 0.204 e. The van der Waals surface area contributed by atoms with E-state index in [1.165, 1.54) is 11.3 Å². The van der Waals surface area contributed by atoms with Gasteiger partial charge in [0.15, 0.2) is 16.5 Å². The highest BCUT2D eigenvalue weighted by Gasteiger charge is 2.20. The van der Waals surface area contributed by atoms with Crippen LogP contribution in [0, 0.1) is 0 Å². The first-order valence-electron chi connectivity index (χ1n) is 6.00. The minimum absolute atomic E-state index is 0.146. The molecule has 0 radical (unpaired) electrons. The van der Waals surface area contributed by atoms with Gasteiger partial charge in [0.1, 0.15) is 5.01 Å². The highest BCUT2D eigenvalue weighted by Crippen LogP contribution is 2.44. The van der Waals surface area contributed by atoms with Crippen molar-refractivity contribution in [2.24, 2.45) is 5.73 Å². The lowest BCUT2D eigenvalue weighted by Crippen LogP contribution is -2.03. The first-order valence-corrected chi connectivity index (χ1v) is 6.82. The van der Waals surface area contributed by atoms with Gasteiger partial charge < -0.3 is 19.9 Å². The molecule has 1 heterocycles. The third kappa shape index (κ3) is 2.54. The molecule has 0 fully saturated rings. The maximum atomic E-state index is 5.81. The summed E-state index contributed by atoms with van der Waals surface area (Å²) in [5, 5.41) is 9.75. The van der Waals surface area contributed by atoms with E-state index >= 15 is 0 Å². The summed E-state index contributed by atoms with van der Waals surface area (Å²) in [5.74, 6) is 1.70. The van der Waals surface area contributed by atoms with Gasteiger partial charge in [-0.2, -0.15) is 0 Å². The van der Waals surface area contributed by atoms with Gasteiger partial charge in [-0.05, 0) is 19.1 Å². The highest BCUT2D eigenvalue weighted by atomic mass is 32.1. The zero-order chi connectivity index (χ0) is 14.7. The molecule has 2 aromatic rings. The number of methoxy groups -OCH3 is 3. The molecule has 2 N–H and O–H groups in total. The number of hydrogen-bond acceptors (Lipinski definition) is 7. The SMILES string of the molecule is COc1ccc(-c2nnc(C(C)N)s2)c(OC)c1OC. The van der Waals surface area contributed by atoms with Gasteiger partial charge in [-0.15, -0.1) is 10.2 Å². The Hall–Kier alpha value is -1.86. The molecule has 0 spiro atoms. The van der Waals surface area contributed by atoms with Gasteiger partial charge in [0.05, 0.1) is 32.9 Å². The Balaban J connectivity index is 2.55. The van der Waals surface area contributed by atoms with Crippen molar-refractivity contribution in [2.75, 3.05) is 21.3 Å². The first-order chi connectivity index (χ1) is 9.62. The van der Waals surface area contributed by atoms with Crippen molar-refractivity contribution >= 4 is 11.3 Å². The monoisotopic (exact) mass is 295 g/mol. The summed E-state index contributed by atoms with van der Waals surface area (Å²) in [4.78, 5) is 0. The molecule has 6 nitrogen and oxygen atoms in total. The highest BCUT2D eigenvalue weighted by molar-refractivity contribution is 7.14. The second-order valence-electron chi connectivity index (χ2n) is 4.12. The first kappa shape index (κ1) is 14.5. The Morgan fingerprint density at radius 3 is 2.25 bits per heavy atom. The van der Waals surface area contributed by atoms with Crippen molar-refractivity contribution in [1.82, 2.24) is 10.2 Å². The van der Waals surface area contributed by atoms with Crippen LogP contribution in [0.5, 0.6) is 17.2 Å². The number of ether oxygens (including phenoxy) is 3. The molecule has 20 heavy (non-hydrogen) atoms. The fraction of sp³-hybridized carbons (Fsp3) is 0.385. The lowest BCUT2D eigenvalue weighted by molar-refractivity contribution is 0.325. The van der Waals surface area contributed by atoms with Crippen molar-refractivity contribution in [3.05, 3.63) is 17.1 Å². The third-order valence-corrected chi connectivity index (χ3v) is 3.92. The second kappa shape index (κ2) is 6.06. The average molecular weight is 295 g/mol. The van der Waals surface area contributed by atoms with Crippen molar-refractivity contribution in [2.45, 2.75) is 13.0 Å². The molecular formula is C13H17N3O3S. The number of hydrogen-bond donors (Lipinski definition) is 1. The van der Waals surface area contributed by atoms with E-state index in [0.29, 0.717) is 17.2 Å². The minimum atomic E-state index is -0.146. The molecule has 1 aromatic carbocycles. The van der Waals surface area contributed by atoms with E-state index in [0.717, 1.165) is 15.6 Å². The molecule has 2 rings (SSSR count). The van der Waals surface area contributed by atoms with Crippen LogP contribution in [-0.4, -0.2) is 31.5 Å². The number of benzene rings is 1. The standard InChI is InChI=1S/C13H17N3O3S/c1-7(14)12-15-16-13(20-12)8-5-6-9(17-2)11(19-4)10(8)18-3/h5-7H,14H2,1-4H3. The molecule has 1 unspecified atom stereocenters. The van der Waals surface area contributed by atoms with Crippen LogP contribution < -0.4 is 19.9 Å². The van der Waals surface area contributed by atoms with Gasteiger partial charge in [-0.3, -0.25) is 0 Å². The van der Waals surface area contributed by atoms with E-state index in [-0.39, 0.29) is 6.04 Å². The molecule has 0 saturated carbocycles. The summed E-state index contributed by atoms with van der Waals surface area (Å²) in [6, 6.07) is 3.53. The quantitative estimate of drug-likeness (QED) is 0.911. The van der Waals surface area contributed by atoms with E-state index in [2.05, 4.69) is 10.2 Å². The van der Waals surface area contributed by atoms with Gasteiger partial charge in [0.25, 0.3) is 0 Å². The summed E-state index contributed by atoms with van der Waals surface area (Å²) in [6.07, 6.45) is 0. The van der Waals surface area contributed by atoms with E-state index in [1.807, 2.05) is 19.1 Å². The topological polar surface area (TPSA) is 79.5 Å². The predicted octanol–water partition coefficient (Wildman–Crippen LogP) is 2.25. The summed E-state index contributed by atoms with van der Waals surface area (Å²) in [7, 11) is 4.72. The average Bonchev–Trinajstić information content (AvgIpc) is 2.95. The molecule has 0 aliphatic heterocycles. The number of nitrogens with zero attached hydrogens (tertiary/aromatic N) is 2. The Bertz CT molecular complexity index is 599. The molecule has 0 aliphatic rings. The van der Waals surface area contributed by atoms with Crippen LogP contribution in [0.2, 0.25) is 0 Å². The van der Waals surface area contributed by atoms with Crippen LogP contribution >= 0.6 is 11.3 Å². The molecule has 1 atom stereocenters. The molecule has 0 bridgehead atoms. The Morgan fingerprint density at radius 1 is 1.05 bits per heavy atom. The Kier molecular flexibility index (Phi) is 4.41. The second-order valence-corrected chi connectivity index (χ2v) is 5.13. The van der Waals surface area contributed by atoms with Crippen molar-refractivity contribution in [1.29, 1.82) is 0 Å². The molecular weight excluding hydrogens is 278 g/mol. The van der Waals surface area contributed by atoms with Gasteiger partial charge in [0, 0.05) is 0 Å². The van der Waals surface area contributed by atoms with Crippen LogP contribution in [0.25, 0.3) is 10.6 Å². The fourth-order valence-corrected chi connectivity index (χ4v) is 2.62. The van der Waals surface area contributed by atoms with E-state index in [4.69, 9.17) is 19.9 Å². The van der Waals surface area contributed by atoms with Crippen LogP contribution in [-0.2, 0) is 0 Å². The number of rotatable bonds is 5. The van der Waals surface area contributed by atoms with Crippen molar-refractivity contribution in [3.63, 3.8) is 0 Å². The molecule has 0 aliphatic carbocycles. The van der Waals surface area contributed by atoms with Crippen LogP contribution in [0.1, 0.15) is 18.0 Å². The molecule has 0 amide bonds. The maximum absolute atomic E-state index is 5.81. The van der Waals surface area contributed by atoms with Gasteiger partial charge in [-0.1, -0.05) is 11.3 Å². The summed E-state index contributed by atoms with van der Waals surface area (Å²) >= 11 is 1.43. The Morgan fingerprint density at radius 2 is 1.75 bits per heavy atom. The normalized spacial score (nSPS) is 12.1. The zero-order valence-electron chi connectivity index (χ0n) is 11.8. The van der Waals surface area contributed by atoms with Gasteiger partial charge in [0.2, 0.25) is 5.75 Å². The van der Waals surface area contributed by atoms with Gasteiger partial charge >= 0.3 is 0 Å². The molecule has 1 aromatic heterocycles. The maximum Gasteiger partial charge on any atom is 0.204 e. The summed E-state index contributed by atoms with van der Waals surface area (Å²) in [5.41, 5.74) is 6.61. The van der Waals surface area contributed by atoms with Crippen LogP contribution in [0.15, 0.2) is 12.1 Å².